The van der Waals surface area contributed by atoms with Crippen LogP contribution in [0.5, 0.6) is 0 Å². The first-order chi connectivity index (χ1) is 14.0. The molecule has 1 aliphatic rings. The first-order valence-electron chi connectivity index (χ1n) is 9.32. The Morgan fingerprint density at radius 2 is 1.77 bits per heavy atom. The van der Waals surface area contributed by atoms with E-state index >= 15 is 0 Å². The van der Waals surface area contributed by atoms with Gasteiger partial charge in [-0.2, -0.15) is 13.2 Å². The number of rotatable bonds is 6. The SMILES string of the molecule is C=CCOC(=O)C1=C(C)NC(C)=C(C(=O)OC(C)C)C1c1cccc(C(F)(F)F)c1. The van der Waals surface area contributed by atoms with Crippen LogP contribution in [0.4, 0.5) is 13.2 Å². The second-order valence-corrected chi connectivity index (χ2v) is 7.10. The molecule has 162 valence electrons. The van der Waals surface area contributed by atoms with Crippen LogP contribution in [0.1, 0.15) is 44.7 Å². The molecule has 1 aliphatic heterocycles. The monoisotopic (exact) mass is 423 g/mol. The molecular formula is C22H24F3NO4. The average Bonchev–Trinajstić information content (AvgIpc) is 2.64. The molecule has 0 saturated carbocycles. The highest BCUT2D eigenvalue weighted by molar-refractivity contribution is 6.00. The van der Waals surface area contributed by atoms with Gasteiger partial charge in [-0.25, -0.2) is 9.59 Å². The maximum absolute atomic E-state index is 13.3. The molecule has 0 aliphatic carbocycles. The van der Waals surface area contributed by atoms with Crippen molar-refractivity contribution in [2.45, 2.75) is 45.9 Å². The first kappa shape index (κ1) is 23.3. The number of hydrogen-bond acceptors (Lipinski definition) is 5. The van der Waals surface area contributed by atoms with Gasteiger partial charge in [-0.05, 0) is 39.3 Å². The lowest BCUT2D eigenvalue weighted by molar-refractivity contribution is -0.143. The van der Waals surface area contributed by atoms with E-state index in [-0.39, 0.29) is 23.3 Å². The van der Waals surface area contributed by atoms with Crippen molar-refractivity contribution < 1.29 is 32.2 Å². The molecule has 30 heavy (non-hydrogen) atoms. The average molecular weight is 423 g/mol. The van der Waals surface area contributed by atoms with Crippen molar-refractivity contribution in [1.82, 2.24) is 5.32 Å². The number of esters is 2. The Bertz CT molecular complexity index is 913. The maximum atomic E-state index is 13.3. The Morgan fingerprint density at radius 3 is 2.30 bits per heavy atom. The summed E-state index contributed by atoms with van der Waals surface area (Å²) in [7, 11) is 0. The van der Waals surface area contributed by atoms with Crippen molar-refractivity contribution in [3.8, 4) is 0 Å². The van der Waals surface area contributed by atoms with Crippen LogP contribution < -0.4 is 5.32 Å². The van der Waals surface area contributed by atoms with E-state index in [4.69, 9.17) is 9.47 Å². The van der Waals surface area contributed by atoms with Crippen LogP contribution in [0.15, 0.2) is 59.5 Å². The summed E-state index contributed by atoms with van der Waals surface area (Å²) < 4.78 is 50.4. The zero-order valence-electron chi connectivity index (χ0n) is 17.2. The molecule has 1 unspecified atom stereocenters. The van der Waals surface area contributed by atoms with Crippen molar-refractivity contribution in [1.29, 1.82) is 0 Å². The molecule has 0 saturated heterocycles. The minimum atomic E-state index is -4.58. The Balaban J connectivity index is 2.68. The van der Waals surface area contributed by atoms with E-state index < -0.39 is 35.7 Å². The number of alkyl halides is 3. The van der Waals surface area contributed by atoms with E-state index in [2.05, 4.69) is 11.9 Å². The van der Waals surface area contributed by atoms with Crippen molar-refractivity contribution in [2.75, 3.05) is 6.61 Å². The second kappa shape index (κ2) is 9.19. The van der Waals surface area contributed by atoms with Crippen LogP contribution in [0.25, 0.3) is 0 Å². The third-order valence-electron chi connectivity index (χ3n) is 4.42. The van der Waals surface area contributed by atoms with Crippen LogP contribution in [0.2, 0.25) is 0 Å². The predicted molar refractivity (Wildman–Crippen MR) is 105 cm³/mol. The number of halogens is 3. The van der Waals surface area contributed by atoms with Crippen molar-refractivity contribution in [2.24, 2.45) is 0 Å². The molecule has 5 nitrogen and oxygen atoms in total. The van der Waals surface area contributed by atoms with E-state index in [9.17, 15) is 22.8 Å². The van der Waals surface area contributed by atoms with Gasteiger partial charge in [-0.15, -0.1) is 0 Å². The number of nitrogens with one attached hydrogen (secondary N) is 1. The third kappa shape index (κ3) is 5.11. The van der Waals surface area contributed by atoms with Gasteiger partial charge in [0.25, 0.3) is 0 Å². The van der Waals surface area contributed by atoms with E-state index in [1.807, 2.05) is 0 Å². The highest BCUT2D eigenvalue weighted by Crippen LogP contribution is 2.41. The summed E-state index contributed by atoms with van der Waals surface area (Å²) in [6, 6.07) is 4.54. The lowest BCUT2D eigenvalue weighted by atomic mass is 9.80. The molecule has 0 amide bonds. The molecule has 1 aromatic rings. The molecule has 0 fully saturated rings. The van der Waals surface area contributed by atoms with Crippen LogP contribution in [-0.4, -0.2) is 24.6 Å². The standard InChI is InChI=1S/C22H24F3NO4/c1-6-10-29-20(27)17-13(4)26-14(5)18(21(28)30-12(2)3)19(17)15-8-7-9-16(11-15)22(23,24)25/h6-9,11-12,19,26H,1,10H2,2-5H3. The Kier molecular flexibility index (Phi) is 7.12. The van der Waals surface area contributed by atoms with Crippen LogP contribution in [0.3, 0.4) is 0 Å². The maximum Gasteiger partial charge on any atom is 0.416 e. The van der Waals surface area contributed by atoms with E-state index in [0.29, 0.717) is 11.4 Å². The summed E-state index contributed by atoms with van der Waals surface area (Å²) in [6.07, 6.45) is -3.66. The molecule has 0 radical (unpaired) electrons. The molecule has 2 rings (SSSR count). The van der Waals surface area contributed by atoms with Gasteiger partial charge in [-0.3, -0.25) is 0 Å². The van der Waals surface area contributed by atoms with Crippen molar-refractivity contribution in [3.63, 3.8) is 0 Å². The normalized spacial score (nSPS) is 17.0. The number of allylic oxidation sites excluding steroid dienone is 2. The number of hydrogen-bond donors (Lipinski definition) is 1. The Morgan fingerprint density at radius 1 is 1.17 bits per heavy atom. The molecule has 0 aromatic heterocycles. The molecule has 0 spiro atoms. The van der Waals surface area contributed by atoms with Gasteiger partial charge in [0.15, 0.2) is 0 Å². The van der Waals surface area contributed by atoms with Gasteiger partial charge in [-0.1, -0.05) is 30.9 Å². The highest BCUT2D eigenvalue weighted by atomic mass is 19.4. The largest absolute Gasteiger partial charge is 0.460 e. The highest BCUT2D eigenvalue weighted by Gasteiger charge is 2.39. The van der Waals surface area contributed by atoms with Gasteiger partial charge in [0.2, 0.25) is 0 Å². The van der Waals surface area contributed by atoms with Gasteiger partial charge >= 0.3 is 18.1 Å². The lowest BCUT2D eigenvalue weighted by Gasteiger charge is -2.31. The van der Waals surface area contributed by atoms with Crippen LogP contribution in [0, 0.1) is 0 Å². The van der Waals surface area contributed by atoms with E-state index in [1.54, 1.807) is 27.7 Å². The summed E-state index contributed by atoms with van der Waals surface area (Å²) in [5.41, 5.74) is 0.109. The fourth-order valence-corrected chi connectivity index (χ4v) is 3.25. The summed E-state index contributed by atoms with van der Waals surface area (Å²) >= 11 is 0. The number of carbonyl (C=O) groups excluding carboxylic acids is 2. The van der Waals surface area contributed by atoms with Gasteiger partial charge in [0.05, 0.1) is 28.7 Å². The Hall–Kier alpha value is -3.03. The minimum absolute atomic E-state index is 0.0393. The zero-order valence-corrected chi connectivity index (χ0v) is 17.2. The third-order valence-corrected chi connectivity index (χ3v) is 4.42. The molecule has 1 N–H and O–H groups in total. The summed E-state index contributed by atoms with van der Waals surface area (Å²) in [6.45, 7) is 9.91. The smallest absolute Gasteiger partial charge is 0.416 e. The number of dihydropyridines is 1. The molecule has 1 atom stereocenters. The summed E-state index contributed by atoms with van der Waals surface area (Å²) in [5.74, 6) is -2.57. The quantitative estimate of drug-likeness (QED) is 0.534. The van der Waals surface area contributed by atoms with E-state index in [1.165, 1.54) is 18.2 Å². The van der Waals surface area contributed by atoms with Crippen molar-refractivity contribution in [3.05, 3.63) is 70.6 Å². The predicted octanol–water partition coefficient (Wildman–Crippen LogP) is 4.62. The van der Waals surface area contributed by atoms with Crippen molar-refractivity contribution >= 4 is 11.9 Å². The number of benzene rings is 1. The molecule has 0 bridgehead atoms. The molecule has 1 heterocycles. The van der Waals surface area contributed by atoms with Gasteiger partial charge in [0.1, 0.15) is 6.61 Å². The Labute approximate surface area is 173 Å². The zero-order chi connectivity index (χ0) is 22.6. The van der Waals surface area contributed by atoms with Gasteiger partial charge < -0.3 is 14.8 Å². The molecular weight excluding hydrogens is 399 g/mol. The summed E-state index contributed by atoms with van der Waals surface area (Å²) in [4.78, 5) is 25.6. The molecule has 8 heteroatoms. The topological polar surface area (TPSA) is 64.6 Å². The second-order valence-electron chi connectivity index (χ2n) is 7.10. The molecule has 1 aromatic carbocycles. The van der Waals surface area contributed by atoms with Crippen LogP contribution in [-0.2, 0) is 25.2 Å². The van der Waals surface area contributed by atoms with E-state index in [0.717, 1.165) is 12.1 Å². The fraction of sp³-hybridized carbons (Fsp3) is 0.364. The number of carbonyl (C=O) groups is 2. The lowest BCUT2D eigenvalue weighted by Crippen LogP contribution is -2.33. The minimum Gasteiger partial charge on any atom is -0.460 e. The van der Waals surface area contributed by atoms with Gasteiger partial charge in [0, 0.05) is 11.4 Å². The first-order valence-corrected chi connectivity index (χ1v) is 9.32. The number of ether oxygens (including phenoxy) is 2. The fourth-order valence-electron chi connectivity index (χ4n) is 3.25. The van der Waals surface area contributed by atoms with Crippen LogP contribution >= 0.6 is 0 Å². The summed E-state index contributed by atoms with van der Waals surface area (Å²) in [5, 5.41) is 2.94.